The maximum absolute atomic E-state index is 11.9. The van der Waals surface area contributed by atoms with E-state index in [0.29, 0.717) is 11.8 Å². The highest BCUT2D eigenvalue weighted by atomic mass is 16.2. The van der Waals surface area contributed by atoms with E-state index in [9.17, 15) is 4.79 Å². The molecule has 0 aromatic rings. The van der Waals surface area contributed by atoms with Crippen molar-refractivity contribution in [2.45, 2.75) is 59.8 Å². The Morgan fingerprint density at radius 3 is 1.93 bits per heavy atom. The van der Waals surface area contributed by atoms with Crippen LogP contribution in [0.2, 0.25) is 0 Å². The highest BCUT2D eigenvalue weighted by Crippen LogP contribution is 2.25. The summed E-state index contributed by atoms with van der Waals surface area (Å²) in [6.45, 7) is 9.85. The predicted octanol–water partition coefficient (Wildman–Crippen LogP) is 3.46. The van der Waals surface area contributed by atoms with E-state index in [2.05, 4.69) is 13.8 Å². The van der Waals surface area contributed by atoms with Crippen LogP contribution in [0.1, 0.15) is 59.8 Å². The second kappa shape index (κ2) is 8.75. The van der Waals surface area contributed by atoms with Gasteiger partial charge < -0.3 is 4.90 Å². The number of amides is 1. The SMILES string of the molecule is CC.CCN(CC)C(=O)C1CCCCC1. The molecule has 90 valence electrons. The Balaban J connectivity index is 0.000000921. The fourth-order valence-electron chi connectivity index (χ4n) is 2.14. The fourth-order valence-corrected chi connectivity index (χ4v) is 2.14. The first-order valence-electron chi connectivity index (χ1n) is 6.58. The minimum absolute atomic E-state index is 0.341. The standard InChI is InChI=1S/C11H21NO.C2H6/c1-3-12(4-2)11(13)10-8-6-5-7-9-10;1-2/h10H,3-9H2,1-2H3;1-2H3. The lowest BCUT2D eigenvalue weighted by molar-refractivity contribution is -0.136. The molecule has 1 aliphatic rings. The Morgan fingerprint density at radius 2 is 1.53 bits per heavy atom. The first kappa shape index (κ1) is 14.5. The number of hydrogen-bond acceptors (Lipinski definition) is 1. The van der Waals surface area contributed by atoms with Crippen molar-refractivity contribution < 1.29 is 4.79 Å². The third-order valence-electron chi connectivity index (χ3n) is 3.03. The van der Waals surface area contributed by atoms with Crippen LogP contribution in [0.3, 0.4) is 0 Å². The molecule has 2 heteroatoms. The van der Waals surface area contributed by atoms with Gasteiger partial charge >= 0.3 is 0 Å². The molecule has 15 heavy (non-hydrogen) atoms. The van der Waals surface area contributed by atoms with Crippen LogP contribution >= 0.6 is 0 Å². The summed E-state index contributed by atoms with van der Waals surface area (Å²) >= 11 is 0. The monoisotopic (exact) mass is 213 g/mol. The van der Waals surface area contributed by atoms with E-state index in [4.69, 9.17) is 0 Å². The van der Waals surface area contributed by atoms with Gasteiger partial charge in [0, 0.05) is 19.0 Å². The molecule has 1 fully saturated rings. The Morgan fingerprint density at radius 1 is 1.07 bits per heavy atom. The summed E-state index contributed by atoms with van der Waals surface area (Å²) in [6, 6.07) is 0. The van der Waals surface area contributed by atoms with Crippen LogP contribution in [0.5, 0.6) is 0 Å². The molecule has 1 rings (SSSR count). The third-order valence-corrected chi connectivity index (χ3v) is 3.03. The highest BCUT2D eigenvalue weighted by Gasteiger charge is 2.23. The van der Waals surface area contributed by atoms with Crippen molar-refractivity contribution in [1.29, 1.82) is 0 Å². The van der Waals surface area contributed by atoms with Gasteiger partial charge in [-0.05, 0) is 26.7 Å². The summed E-state index contributed by atoms with van der Waals surface area (Å²) in [4.78, 5) is 13.9. The van der Waals surface area contributed by atoms with Gasteiger partial charge in [-0.2, -0.15) is 0 Å². The van der Waals surface area contributed by atoms with Gasteiger partial charge in [-0.25, -0.2) is 0 Å². The number of carbonyl (C=O) groups is 1. The molecule has 0 unspecified atom stereocenters. The van der Waals surface area contributed by atoms with Crippen LogP contribution in [0.15, 0.2) is 0 Å². The lowest BCUT2D eigenvalue weighted by atomic mass is 9.88. The molecule has 0 bridgehead atoms. The van der Waals surface area contributed by atoms with Gasteiger partial charge in [0.25, 0.3) is 0 Å². The Bertz CT molecular complexity index is 158. The molecule has 0 spiro atoms. The van der Waals surface area contributed by atoms with Crippen molar-refractivity contribution in [2.24, 2.45) is 5.92 Å². The van der Waals surface area contributed by atoms with Crippen molar-refractivity contribution in [3.63, 3.8) is 0 Å². The average molecular weight is 213 g/mol. The Hall–Kier alpha value is -0.530. The fraction of sp³-hybridized carbons (Fsp3) is 0.923. The molecule has 1 amide bonds. The zero-order valence-electron chi connectivity index (χ0n) is 10.9. The topological polar surface area (TPSA) is 20.3 Å². The van der Waals surface area contributed by atoms with E-state index in [1.807, 2.05) is 18.7 Å². The summed E-state index contributed by atoms with van der Waals surface area (Å²) in [5, 5.41) is 0. The van der Waals surface area contributed by atoms with E-state index in [-0.39, 0.29) is 0 Å². The molecule has 1 aliphatic carbocycles. The molecule has 0 aromatic heterocycles. The second-order valence-corrected chi connectivity index (χ2v) is 3.85. The van der Waals surface area contributed by atoms with Gasteiger partial charge in [-0.1, -0.05) is 33.1 Å². The van der Waals surface area contributed by atoms with E-state index in [0.717, 1.165) is 25.9 Å². The third kappa shape index (κ3) is 4.67. The highest BCUT2D eigenvalue weighted by molar-refractivity contribution is 5.78. The molecule has 0 heterocycles. The molecule has 0 atom stereocenters. The van der Waals surface area contributed by atoms with Gasteiger partial charge in [0.2, 0.25) is 5.91 Å². The van der Waals surface area contributed by atoms with Crippen molar-refractivity contribution in [2.75, 3.05) is 13.1 Å². The Kier molecular flexibility index (Phi) is 8.44. The molecule has 0 saturated heterocycles. The molecular formula is C13H27NO. The first-order valence-corrected chi connectivity index (χ1v) is 6.58. The van der Waals surface area contributed by atoms with Crippen molar-refractivity contribution in [1.82, 2.24) is 4.90 Å². The molecule has 2 nitrogen and oxygen atoms in total. The summed E-state index contributed by atoms with van der Waals surface area (Å²) in [6.07, 6.45) is 6.06. The van der Waals surface area contributed by atoms with Gasteiger partial charge in [0.1, 0.15) is 0 Å². The summed E-state index contributed by atoms with van der Waals surface area (Å²) < 4.78 is 0. The quantitative estimate of drug-likeness (QED) is 0.703. The minimum atomic E-state index is 0.341. The van der Waals surface area contributed by atoms with Crippen LogP contribution < -0.4 is 0 Å². The van der Waals surface area contributed by atoms with Gasteiger partial charge in [0.05, 0.1) is 0 Å². The van der Waals surface area contributed by atoms with Crippen molar-refractivity contribution >= 4 is 5.91 Å². The smallest absolute Gasteiger partial charge is 0.225 e. The Labute approximate surface area is 95.0 Å². The number of carbonyl (C=O) groups excluding carboxylic acids is 1. The first-order chi connectivity index (χ1) is 7.29. The van der Waals surface area contributed by atoms with E-state index < -0.39 is 0 Å². The number of rotatable bonds is 3. The summed E-state index contributed by atoms with van der Waals surface area (Å²) in [7, 11) is 0. The molecule has 1 saturated carbocycles. The average Bonchev–Trinajstić information content (AvgIpc) is 2.34. The zero-order chi connectivity index (χ0) is 11.7. The maximum Gasteiger partial charge on any atom is 0.225 e. The van der Waals surface area contributed by atoms with Crippen molar-refractivity contribution in [3.05, 3.63) is 0 Å². The zero-order valence-corrected chi connectivity index (χ0v) is 10.9. The summed E-state index contributed by atoms with van der Waals surface area (Å²) in [5.41, 5.74) is 0. The predicted molar refractivity (Wildman–Crippen MR) is 65.9 cm³/mol. The van der Waals surface area contributed by atoms with E-state index >= 15 is 0 Å². The van der Waals surface area contributed by atoms with Crippen LogP contribution in [0.25, 0.3) is 0 Å². The molecule has 0 radical (unpaired) electrons. The van der Waals surface area contributed by atoms with Gasteiger partial charge in [-0.15, -0.1) is 0 Å². The molecular weight excluding hydrogens is 186 g/mol. The molecule has 0 N–H and O–H groups in total. The van der Waals surface area contributed by atoms with E-state index in [1.54, 1.807) is 0 Å². The van der Waals surface area contributed by atoms with Crippen LogP contribution in [-0.2, 0) is 4.79 Å². The largest absolute Gasteiger partial charge is 0.343 e. The summed E-state index contributed by atoms with van der Waals surface area (Å²) in [5.74, 6) is 0.735. The second-order valence-electron chi connectivity index (χ2n) is 3.85. The van der Waals surface area contributed by atoms with Crippen LogP contribution in [0, 0.1) is 5.92 Å². The number of nitrogens with zero attached hydrogens (tertiary/aromatic N) is 1. The normalized spacial score (nSPS) is 16.5. The van der Waals surface area contributed by atoms with Crippen LogP contribution in [0.4, 0.5) is 0 Å². The molecule has 0 aromatic carbocycles. The van der Waals surface area contributed by atoms with Crippen molar-refractivity contribution in [3.8, 4) is 0 Å². The number of hydrogen-bond donors (Lipinski definition) is 0. The van der Waals surface area contributed by atoms with E-state index in [1.165, 1.54) is 19.3 Å². The minimum Gasteiger partial charge on any atom is -0.343 e. The lowest BCUT2D eigenvalue weighted by Crippen LogP contribution is -2.36. The van der Waals surface area contributed by atoms with Gasteiger partial charge in [0.15, 0.2) is 0 Å². The lowest BCUT2D eigenvalue weighted by Gasteiger charge is -2.27. The van der Waals surface area contributed by atoms with Crippen LogP contribution in [-0.4, -0.2) is 23.9 Å². The maximum atomic E-state index is 11.9. The van der Waals surface area contributed by atoms with Gasteiger partial charge in [-0.3, -0.25) is 4.79 Å². The molecule has 0 aliphatic heterocycles.